The van der Waals surface area contributed by atoms with Gasteiger partial charge in [-0.1, -0.05) is 0 Å². The van der Waals surface area contributed by atoms with Crippen LogP contribution in [0.4, 0.5) is 13.2 Å². The lowest BCUT2D eigenvalue weighted by Gasteiger charge is -2.11. The molecule has 0 aromatic carbocycles. The molecule has 1 heterocycles. The predicted octanol–water partition coefficient (Wildman–Crippen LogP) is 1.57. The van der Waals surface area contributed by atoms with Crippen molar-refractivity contribution in [2.75, 3.05) is 7.11 Å². The van der Waals surface area contributed by atoms with Gasteiger partial charge in [-0.15, -0.1) is 0 Å². The number of methoxy groups -OCH3 is 1. The van der Waals surface area contributed by atoms with Crippen molar-refractivity contribution in [2.45, 2.75) is 12.7 Å². The quantitative estimate of drug-likeness (QED) is 0.798. The van der Waals surface area contributed by atoms with Crippen molar-refractivity contribution in [1.82, 2.24) is 4.98 Å². The van der Waals surface area contributed by atoms with E-state index in [1.807, 2.05) is 0 Å². The molecule has 0 amide bonds. The Morgan fingerprint density at radius 3 is 2.50 bits per heavy atom. The van der Waals surface area contributed by atoms with Crippen molar-refractivity contribution in [2.24, 2.45) is 5.73 Å². The van der Waals surface area contributed by atoms with Gasteiger partial charge in [0.05, 0.1) is 18.4 Å². The normalized spacial score (nSPS) is 11.5. The molecule has 0 radical (unpaired) electrons. The van der Waals surface area contributed by atoms with E-state index in [9.17, 15) is 13.2 Å². The summed E-state index contributed by atoms with van der Waals surface area (Å²) in [6.45, 7) is -0.272. The van der Waals surface area contributed by atoms with Gasteiger partial charge < -0.3 is 10.5 Å². The molecule has 0 atom stereocenters. The maximum absolute atomic E-state index is 12.3. The second kappa shape index (κ2) is 3.83. The molecule has 1 aromatic heterocycles. The number of nitrogens with zero attached hydrogens (tertiary/aromatic N) is 1. The van der Waals surface area contributed by atoms with E-state index >= 15 is 0 Å². The maximum Gasteiger partial charge on any atom is 0.418 e. The van der Waals surface area contributed by atoms with E-state index in [-0.39, 0.29) is 18.1 Å². The van der Waals surface area contributed by atoms with Gasteiger partial charge in [0.15, 0.2) is 0 Å². The first-order valence-corrected chi connectivity index (χ1v) is 3.80. The minimum Gasteiger partial charge on any atom is -0.481 e. The Bertz CT molecular complexity index is 325. The zero-order valence-corrected chi connectivity index (χ0v) is 7.43. The molecule has 0 spiro atoms. The van der Waals surface area contributed by atoms with Crippen LogP contribution in [-0.2, 0) is 12.7 Å². The van der Waals surface area contributed by atoms with Crippen molar-refractivity contribution < 1.29 is 17.9 Å². The van der Waals surface area contributed by atoms with Crippen molar-refractivity contribution in [3.63, 3.8) is 0 Å². The fourth-order valence-electron chi connectivity index (χ4n) is 1.01. The molecule has 2 N–H and O–H groups in total. The lowest BCUT2D eigenvalue weighted by atomic mass is 10.2. The van der Waals surface area contributed by atoms with Gasteiger partial charge in [0, 0.05) is 12.6 Å². The Hall–Kier alpha value is -1.30. The van der Waals surface area contributed by atoms with Crippen molar-refractivity contribution in [3.8, 4) is 5.88 Å². The Balaban J connectivity index is 3.18. The van der Waals surface area contributed by atoms with E-state index in [0.717, 1.165) is 12.1 Å². The number of nitrogens with two attached hydrogens (primary N) is 1. The number of ether oxygens (including phenoxy) is 1. The fraction of sp³-hybridized carbons (Fsp3) is 0.375. The van der Waals surface area contributed by atoms with Gasteiger partial charge in [0.25, 0.3) is 0 Å². The van der Waals surface area contributed by atoms with Gasteiger partial charge in [-0.05, 0) is 6.07 Å². The lowest BCUT2D eigenvalue weighted by Crippen LogP contribution is -2.13. The summed E-state index contributed by atoms with van der Waals surface area (Å²) in [5.41, 5.74) is 4.12. The highest BCUT2D eigenvalue weighted by Crippen LogP contribution is 2.31. The zero-order valence-electron chi connectivity index (χ0n) is 7.43. The fourth-order valence-corrected chi connectivity index (χ4v) is 1.01. The summed E-state index contributed by atoms with van der Waals surface area (Å²) in [4.78, 5) is 3.61. The SMILES string of the molecule is COc1ccc(C(F)(F)F)c(CN)n1. The molecular formula is C8H9F3N2O. The Labute approximate surface area is 78.7 Å². The first-order chi connectivity index (χ1) is 6.49. The summed E-state index contributed by atoms with van der Waals surface area (Å²) in [6.07, 6.45) is -4.42. The molecule has 0 unspecified atom stereocenters. The van der Waals surface area contributed by atoms with Crippen LogP contribution in [0.1, 0.15) is 11.3 Å². The molecule has 0 saturated heterocycles. The van der Waals surface area contributed by atoms with Crippen LogP contribution in [0, 0.1) is 0 Å². The molecule has 6 heteroatoms. The van der Waals surface area contributed by atoms with Crippen LogP contribution in [0.15, 0.2) is 12.1 Å². The minimum atomic E-state index is -4.42. The van der Waals surface area contributed by atoms with E-state index in [1.54, 1.807) is 0 Å². The first-order valence-electron chi connectivity index (χ1n) is 3.80. The van der Waals surface area contributed by atoms with Crippen LogP contribution in [0.3, 0.4) is 0 Å². The van der Waals surface area contributed by atoms with Crippen molar-refractivity contribution >= 4 is 0 Å². The largest absolute Gasteiger partial charge is 0.481 e. The standard InChI is InChI=1S/C8H9F3N2O/c1-14-7-3-2-5(8(9,10)11)6(4-12)13-7/h2-3H,4,12H2,1H3. The van der Waals surface area contributed by atoms with E-state index in [1.165, 1.54) is 7.11 Å². The predicted molar refractivity (Wildman–Crippen MR) is 43.7 cm³/mol. The Kier molecular flexibility index (Phi) is 2.95. The second-order valence-corrected chi connectivity index (χ2v) is 2.55. The highest BCUT2D eigenvalue weighted by molar-refractivity contribution is 5.28. The highest BCUT2D eigenvalue weighted by Gasteiger charge is 2.33. The molecule has 0 fully saturated rings. The molecule has 1 aromatic rings. The third kappa shape index (κ3) is 2.14. The zero-order chi connectivity index (χ0) is 10.8. The molecule has 0 aliphatic heterocycles. The smallest absolute Gasteiger partial charge is 0.418 e. The third-order valence-corrected chi connectivity index (χ3v) is 1.66. The monoisotopic (exact) mass is 206 g/mol. The number of halogens is 3. The summed E-state index contributed by atoms with van der Waals surface area (Å²) in [5.74, 6) is 0.124. The highest BCUT2D eigenvalue weighted by atomic mass is 19.4. The molecule has 78 valence electrons. The number of hydrogen-bond donors (Lipinski definition) is 1. The van der Waals surface area contributed by atoms with Gasteiger partial charge in [0.1, 0.15) is 0 Å². The van der Waals surface area contributed by atoms with Gasteiger partial charge in [-0.2, -0.15) is 13.2 Å². The summed E-state index contributed by atoms with van der Waals surface area (Å²) in [5, 5.41) is 0. The van der Waals surface area contributed by atoms with Gasteiger partial charge in [-0.3, -0.25) is 0 Å². The molecule has 0 bridgehead atoms. The van der Waals surface area contributed by atoms with E-state index < -0.39 is 11.7 Å². The minimum absolute atomic E-state index is 0.124. The van der Waals surface area contributed by atoms with Crippen LogP contribution >= 0.6 is 0 Å². The average molecular weight is 206 g/mol. The Morgan fingerprint density at radius 1 is 1.43 bits per heavy atom. The number of rotatable bonds is 2. The number of pyridine rings is 1. The van der Waals surface area contributed by atoms with Crippen LogP contribution < -0.4 is 10.5 Å². The van der Waals surface area contributed by atoms with E-state index in [2.05, 4.69) is 4.98 Å². The topological polar surface area (TPSA) is 48.1 Å². The molecular weight excluding hydrogens is 197 g/mol. The lowest BCUT2D eigenvalue weighted by molar-refractivity contribution is -0.138. The molecule has 0 aliphatic rings. The number of alkyl halides is 3. The summed E-state index contributed by atoms with van der Waals surface area (Å²) < 4.78 is 41.7. The number of hydrogen-bond acceptors (Lipinski definition) is 3. The summed E-state index contributed by atoms with van der Waals surface area (Å²) in [7, 11) is 1.33. The Morgan fingerprint density at radius 2 is 2.07 bits per heavy atom. The first kappa shape index (κ1) is 10.8. The van der Waals surface area contributed by atoms with E-state index in [0.29, 0.717) is 0 Å². The van der Waals surface area contributed by atoms with Crippen molar-refractivity contribution in [3.05, 3.63) is 23.4 Å². The number of aromatic nitrogens is 1. The molecule has 1 rings (SSSR count). The van der Waals surface area contributed by atoms with Gasteiger partial charge in [-0.25, -0.2) is 4.98 Å². The van der Waals surface area contributed by atoms with Gasteiger partial charge in [0.2, 0.25) is 5.88 Å². The van der Waals surface area contributed by atoms with Gasteiger partial charge >= 0.3 is 6.18 Å². The van der Waals surface area contributed by atoms with Crippen LogP contribution in [0.25, 0.3) is 0 Å². The molecule has 0 aliphatic carbocycles. The van der Waals surface area contributed by atoms with Crippen LogP contribution in [0.5, 0.6) is 5.88 Å². The maximum atomic E-state index is 12.3. The molecule has 3 nitrogen and oxygen atoms in total. The van der Waals surface area contributed by atoms with Crippen LogP contribution in [0.2, 0.25) is 0 Å². The molecule has 14 heavy (non-hydrogen) atoms. The molecule has 0 saturated carbocycles. The van der Waals surface area contributed by atoms with E-state index in [4.69, 9.17) is 10.5 Å². The summed E-state index contributed by atoms with van der Waals surface area (Å²) >= 11 is 0. The van der Waals surface area contributed by atoms with Crippen LogP contribution in [-0.4, -0.2) is 12.1 Å². The van der Waals surface area contributed by atoms with Crippen molar-refractivity contribution in [1.29, 1.82) is 0 Å². The summed E-state index contributed by atoms with van der Waals surface area (Å²) in [6, 6.07) is 2.07. The average Bonchev–Trinajstić information content (AvgIpc) is 2.15. The second-order valence-electron chi connectivity index (χ2n) is 2.55. The third-order valence-electron chi connectivity index (χ3n) is 1.66.